The number of rotatable bonds is 7. The SMILES string of the molecule is COc1ccc(OCCC(C(C)C)C(C)O)cc1. The number of aliphatic hydroxyl groups is 1. The Balaban J connectivity index is 2.40. The van der Waals surface area contributed by atoms with E-state index in [0.717, 1.165) is 17.9 Å². The second-order valence-electron chi connectivity index (χ2n) is 4.96. The molecule has 2 atom stereocenters. The molecular formula is C15H24O3. The van der Waals surface area contributed by atoms with Crippen molar-refractivity contribution in [1.29, 1.82) is 0 Å². The van der Waals surface area contributed by atoms with Crippen molar-refractivity contribution in [3.63, 3.8) is 0 Å². The van der Waals surface area contributed by atoms with Crippen molar-refractivity contribution in [2.24, 2.45) is 11.8 Å². The second-order valence-corrected chi connectivity index (χ2v) is 4.96. The van der Waals surface area contributed by atoms with Crippen LogP contribution in [0.15, 0.2) is 24.3 Å². The zero-order chi connectivity index (χ0) is 13.5. The van der Waals surface area contributed by atoms with Crippen LogP contribution >= 0.6 is 0 Å². The van der Waals surface area contributed by atoms with Gasteiger partial charge in [-0.15, -0.1) is 0 Å². The zero-order valence-electron chi connectivity index (χ0n) is 11.7. The van der Waals surface area contributed by atoms with Gasteiger partial charge in [-0.2, -0.15) is 0 Å². The largest absolute Gasteiger partial charge is 0.497 e. The highest BCUT2D eigenvalue weighted by molar-refractivity contribution is 5.31. The summed E-state index contributed by atoms with van der Waals surface area (Å²) in [5.41, 5.74) is 0. The van der Waals surface area contributed by atoms with E-state index in [4.69, 9.17) is 9.47 Å². The van der Waals surface area contributed by atoms with Crippen molar-refractivity contribution in [2.45, 2.75) is 33.3 Å². The lowest BCUT2D eigenvalue weighted by molar-refractivity contribution is 0.0808. The topological polar surface area (TPSA) is 38.7 Å². The molecule has 3 nitrogen and oxygen atoms in total. The Hall–Kier alpha value is -1.22. The molecule has 0 spiro atoms. The number of aliphatic hydroxyl groups excluding tert-OH is 1. The molecule has 102 valence electrons. The monoisotopic (exact) mass is 252 g/mol. The third-order valence-corrected chi connectivity index (χ3v) is 3.26. The average molecular weight is 252 g/mol. The number of benzene rings is 1. The van der Waals surface area contributed by atoms with Crippen molar-refractivity contribution in [1.82, 2.24) is 0 Å². The molecule has 0 aromatic heterocycles. The van der Waals surface area contributed by atoms with Crippen LogP contribution in [0.1, 0.15) is 27.2 Å². The smallest absolute Gasteiger partial charge is 0.119 e. The predicted molar refractivity (Wildman–Crippen MR) is 73.1 cm³/mol. The first-order chi connectivity index (χ1) is 8.54. The van der Waals surface area contributed by atoms with E-state index in [9.17, 15) is 5.11 Å². The van der Waals surface area contributed by atoms with Gasteiger partial charge in [0.1, 0.15) is 11.5 Å². The summed E-state index contributed by atoms with van der Waals surface area (Å²) in [5, 5.41) is 9.68. The number of methoxy groups -OCH3 is 1. The first-order valence-electron chi connectivity index (χ1n) is 6.49. The average Bonchev–Trinajstić information content (AvgIpc) is 2.34. The molecule has 0 heterocycles. The summed E-state index contributed by atoms with van der Waals surface area (Å²) < 4.78 is 10.8. The van der Waals surface area contributed by atoms with Gasteiger partial charge in [-0.1, -0.05) is 13.8 Å². The summed E-state index contributed by atoms with van der Waals surface area (Å²) in [5.74, 6) is 2.41. The molecule has 1 rings (SSSR count). The Labute approximate surface area is 110 Å². The molecular weight excluding hydrogens is 228 g/mol. The zero-order valence-corrected chi connectivity index (χ0v) is 11.7. The van der Waals surface area contributed by atoms with Gasteiger partial charge in [0.05, 0.1) is 19.8 Å². The molecule has 1 aromatic rings. The Morgan fingerprint density at radius 1 is 1.06 bits per heavy atom. The molecule has 0 aliphatic carbocycles. The molecule has 0 amide bonds. The van der Waals surface area contributed by atoms with Crippen LogP contribution < -0.4 is 9.47 Å². The van der Waals surface area contributed by atoms with Crippen LogP contribution in [-0.4, -0.2) is 24.9 Å². The fourth-order valence-corrected chi connectivity index (χ4v) is 2.12. The maximum atomic E-state index is 9.68. The van der Waals surface area contributed by atoms with Crippen molar-refractivity contribution >= 4 is 0 Å². The van der Waals surface area contributed by atoms with Gasteiger partial charge >= 0.3 is 0 Å². The minimum atomic E-state index is -0.288. The van der Waals surface area contributed by atoms with E-state index >= 15 is 0 Å². The fourth-order valence-electron chi connectivity index (χ4n) is 2.12. The van der Waals surface area contributed by atoms with E-state index in [1.54, 1.807) is 7.11 Å². The van der Waals surface area contributed by atoms with E-state index < -0.39 is 0 Å². The van der Waals surface area contributed by atoms with Crippen LogP contribution in [0.5, 0.6) is 11.5 Å². The second kappa shape index (κ2) is 7.27. The molecule has 0 aliphatic rings. The Kier molecular flexibility index (Phi) is 5.99. The first kappa shape index (κ1) is 14.8. The number of ether oxygens (including phenoxy) is 2. The third-order valence-electron chi connectivity index (χ3n) is 3.26. The summed E-state index contributed by atoms with van der Waals surface area (Å²) in [4.78, 5) is 0. The van der Waals surface area contributed by atoms with E-state index in [2.05, 4.69) is 13.8 Å². The molecule has 0 radical (unpaired) electrons. The molecule has 18 heavy (non-hydrogen) atoms. The fraction of sp³-hybridized carbons (Fsp3) is 0.600. The molecule has 0 aliphatic heterocycles. The van der Waals surface area contributed by atoms with Gasteiger partial charge in [0.15, 0.2) is 0 Å². The maximum absolute atomic E-state index is 9.68. The van der Waals surface area contributed by atoms with Gasteiger partial charge in [-0.05, 0) is 49.4 Å². The summed E-state index contributed by atoms with van der Waals surface area (Å²) in [6, 6.07) is 7.55. The minimum absolute atomic E-state index is 0.281. The van der Waals surface area contributed by atoms with Crippen molar-refractivity contribution < 1.29 is 14.6 Å². The van der Waals surface area contributed by atoms with Gasteiger partial charge in [0.2, 0.25) is 0 Å². The van der Waals surface area contributed by atoms with Gasteiger partial charge in [-0.3, -0.25) is 0 Å². The molecule has 3 heteroatoms. The molecule has 0 saturated heterocycles. The lowest BCUT2D eigenvalue weighted by atomic mass is 9.88. The lowest BCUT2D eigenvalue weighted by Gasteiger charge is -2.23. The Bertz CT molecular complexity index is 322. The number of hydrogen-bond acceptors (Lipinski definition) is 3. The first-order valence-corrected chi connectivity index (χ1v) is 6.49. The predicted octanol–water partition coefficient (Wildman–Crippen LogP) is 3.12. The van der Waals surface area contributed by atoms with E-state index in [-0.39, 0.29) is 12.0 Å². The van der Waals surface area contributed by atoms with Gasteiger partial charge in [-0.25, -0.2) is 0 Å². The van der Waals surface area contributed by atoms with E-state index in [1.807, 2.05) is 31.2 Å². The Morgan fingerprint density at radius 3 is 2.06 bits per heavy atom. The summed E-state index contributed by atoms with van der Waals surface area (Å²) in [6.07, 6.45) is 0.575. The van der Waals surface area contributed by atoms with Crippen LogP contribution in [0.25, 0.3) is 0 Å². The normalized spacial score (nSPS) is 14.3. The lowest BCUT2D eigenvalue weighted by Crippen LogP contribution is -2.24. The molecule has 1 N–H and O–H groups in total. The minimum Gasteiger partial charge on any atom is -0.497 e. The Morgan fingerprint density at radius 2 is 1.61 bits per heavy atom. The van der Waals surface area contributed by atoms with Crippen molar-refractivity contribution in [3.05, 3.63) is 24.3 Å². The molecule has 0 saturated carbocycles. The van der Waals surface area contributed by atoms with Crippen LogP contribution in [0, 0.1) is 11.8 Å². The van der Waals surface area contributed by atoms with Crippen molar-refractivity contribution in [3.8, 4) is 11.5 Å². The van der Waals surface area contributed by atoms with Crippen molar-refractivity contribution in [2.75, 3.05) is 13.7 Å². The van der Waals surface area contributed by atoms with Crippen LogP contribution in [0.3, 0.4) is 0 Å². The molecule has 1 aromatic carbocycles. The summed E-state index contributed by atoms with van der Waals surface area (Å²) in [7, 11) is 1.64. The van der Waals surface area contributed by atoms with Gasteiger partial charge in [0.25, 0.3) is 0 Å². The molecule has 0 fully saturated rings. The van der Waals surface area contributed by atoms with Crippen LogP contribution in [0.2, 0.25) is 0 Å². The molecule has 0 bridgehead atoms. The van der Waals surface area contributed by atoms with E-state index in [0.29, 0.717) is 12.5 Å². The van der Waals surface area contributed by atoms with E-state index in [1.165, 1.54) is 0 Å². The quantitative estimate of drug-likeness (QED) is 0.810. The summed E-state index contributed by atoms with van der Waals surface area (Å²) >= 11 is 0. The summed E-state index contributed by atoms with van der Waals surface area (Å²) in [6.45, 7) is 6.73. The van der Waals surface area contributed by atoms with Gasteiger partial charge in [0, 0.05) is 0 Å². The molecule has 2 unspecified atom stereocenters. The highest BCUT2D eigenvalue weighted by Crippen LogP contribution is 2.21. The van der Waals surface area contributed by atoms with Gasteiger partial charge < -0.3 is 14.6 Å². The van der Waals surface area contributed by atoms with Crippen LogP contribution in [-0.2, 0) is 0 Å². The highest BCUT2D eigenvalue weighted by atomic mass is 16.5. The van der Waals surface area contributed by atoms with Crippen LogP contribution in [0.4, 0.5) is 0 Å². The number of hydrogen-bond donors (Lipinski definition) is 1. The highest BCUT2D eigenvalue weighted by Gasteiger charge is 2.18. The maximum Gasteiger partial charge on any atom is 0.119 e. The third kappa shape index (κ3) is 4.57. The standard InChI is InChI=1S/C15H24O3/c1-11(2)15(12(3)16)9-10-18-14-7-5-13(17-4)6-8-14/h5-8,11-12,15-16H,9-10H2,1-4H3.